The van der Waals surface area contributed by atoms with Crippen LogP contribution in [0, 0.1) is 5.82 Å². The Kier molecular flexibility index (Phi) is 10.4. The monoisotopic (exact) mass is 576 g/mol. The van der Waals surface area contributed by atoms with E-state index in [0.29, 0.717) is 5.56 Å². The number of ether oxygens (including phenoxy) is 6. The number of phenolic OH excluding ortho intramolecular Hbond substituents is 1. The van der Waals surface area contributed by atoms with E-state index < -0.39 is 78.5 Å². The van der Waals surface area contributed by atoms with Crippen LogP contribution in [0.5, 0.6) is 11.5 Å². The van der Waals surface area contributed by atoms with Gasteiger partial charge in [-0.25, -0.2) is 4.39 Å². The molecule has 13 heteroatoms. The minimum absolute atomic E-state index is 0.0387. The first-order chi connectivity index (χ1) is 19.3. The zero-order chi connectivity index (χ0) is 30.3. The summed E-state index contributed by atoms with van der Waals surface area (Å²) in [5.41, 5.74) is 0.497. The van der Waals surface area contributed by atoms with E-state index in [1.165, 1.54) is 36.4 Å². The molecule has 0 bridgehead atoms. The van der Waals surface area contributed by atoms with E-state index in [4.69, 9.17) is 28.4 Å². The van der Waals surface area contributed by atoms with Gasteiger partial charge in [-0.1, -0.05) is 12.1 Å². The molecule has 0 spiro atoms. The van der Waals surface area contributed by atoms with Crippen LogP contribution in [0.25, 0.3) is 0 Å². The molecule has 1 heterocycles. The predicted molar refractivity (Wildman–Crippen MR) is 135 cm³/mol. The van der Waals surface area contributed by atoms with Gasteiger partial charge < -0.3 is 33.5 Å². The summed E-state index contributed by atoms with van der Waals surface area (Å²) in [7, 11) is 0. The van der Waals surface area contributed by atoms with E-state index in [1.54, 1.807) is 0 Å². The van der Waals surface area contributed by atoms with Crippen LogP contribution in [-0.2, 0) is 49.3 Å². The largest absolute Gasteiger partial charge is 0.507 e. The van der Waals surface area contributed by atoms with E-state index in [0.717, 1.165) is 33.8 Å². The SMILES string of the molecule is CC(=O)OC[C@@H]1O[C@@H](Oc2ccc(C(=O)Cc3ccc(F)cc3)c(O)c2)[C@@H](OC(C)=O)[C@@H](OC(C)=O)[C@H]1OC(C)=O. The second kappa shape index (κ2) is 13.7. The highest BCUT2D eigenvalue weighted by Gasteiger charge is 2.53. The Balaban J connectivity index is 1.90. The Morgan fingerprint density at radius 1 is 0.805 bits per heavy atom. The first kappa shape index (κ1) is 31.0. The Bertz CT molecular complexity index is 1290. The molecule has 12 nitrogen and oxygen atoms in total. The lowest BCUT2D eigenvalue weighted by molar-refractivity contribution is -0.288. The standard InChI is InChI=1S/C28H29FO12/c1-14(30)36-13-24-25(37-15(2)31)26(38-16(3)32)27(39-17(4)33)28(41-24)40-20-9-10-21(23(35)12-20)22(34)11-18-5-7-19(29)8-6-18/h5-10,12,24-28,35H,11,13H2,1-4H3/t24-,25-,26-,27-,28+/m0/s1. The number of hydrogen-bond donors (Lipinski definition) is 1. The van der Waals surface area contributed by atoms with Crippen LogP contribution in [0.15, 0.2) is 42.5 Å². The molecule has 1 N–H and O–H groups in total. The highest BCUT2D eigenvalue weighted by molar-refractivity contribution is 6.00. The molecule has 1 saturated heterocycles. The third-order valence-electron chi connectivity index (χ3n) is 5.75. The number of rotatable bonds is 10. The van der Waals surface area contributed by atoms with Crippen LogP contribution in [-0.4, -0.2) is 72.1 Å². The Labute approximate surface area is 234 Å². The molecule has 0 amide bonds. The van der Waals surface area contributed by atoms with Crippen molar-refractivity contribution in [2.45, 2.75) is 64.8 Å². The fraction of sp³-hybridized carbons (Fsp3) is 0.393. The van der Waals surface area contributed by atoms with Crippen LogP contribution in [0.3, 0.4) is 0 Å². The molecule has 2 aromatic rings. The van der Waals surface area contributed by atoms with Crippen molar-refractivity contribution in [1.29, 1.82) is 0 Å². The topological polar surface area (TPSA) is 161 Å². The molecular weight excluding hydrogens is 547 g/mol. The highest BCUT2D eigenvalue weighted by Crippen LogP contribution is 2.33. The van der Waals surface area contributed by atoms with Gasteiger partial charge in [0.25, 0.3) is 0 Å². The lowest BCUT2D eigenvalue weighted by Crippen LogP contribution is -2.63. The summed E-state index contributed by atoms with van der Waals surface area (Å²) in [6.07, 6.45) is -7.13. The fourth-order valence-corrected chi connectivity index (χ4v) is 4.12. The third kappa shape index (κ3) is 8.73. The Morgan fingerprint density at radius 2 is 1.39 bits per heavy atom. The van der Waals surface area contributed by atoms with Gasteiger partial charge in [-0.3, -0.25) is 24.0 Å². The molecule has 0 radical (unpaired) electrons. The van der Waals surface area contributed by atoms with Crippen LogP contribution in [0.1, 0.15) is 43.6 Å². The van der Waals surface area contributed by atoms with Crippen molar-refractivity contribution in [3.05, 3.63) is 59.4 Å². The lowest BCUT2D eigenvalue weighted by atomic mass is 9.98. The molecule has 0 saturated carbocycles. The number of ketones is 1. The van der Waals surface area contributed by atoms with Crippen molar-refractivity contribution in [3.63, 3.8) is 0 Å². The number of halogens is 1. The smallest absolute Gasteiger partial charge is 0.303 e. The number of Topliss-reactive ketones (excluding diaryl/α,β-unsaturated/α-hetero) is 1. The van der Waals surface area contributed by atoms with Crippen molar-refractivity contribution in [2.24, 2.45) is 0 Å². The number of aromatic hydroxyl groups is 1. The van der Waals surface area contributed by atoms with Crippen LogP contribution >= 0.6 is 0 Å². The summed E-state index contributed by atoms with van der Waals surface area (Å²) >= 11 is 0. The molecule has 3 rings (SSSR count). The quantitative estimate of drug-likeness (QED) is 0.250. The normalized spacial score (nSPS) is 21.7. The van der Waals surface area contributed by atoms with Gasteiger partial charge in [0.15, 0.2) is 18.0 Å². The van der Waals surface area contributed by atoms with E-state index in [1.807, 2.05) is 0 Å². The zero-order valence-corrected chi connectivity index (χ0v) is 22.7. The predicted octanol–water partition coefficient (Wildman–Crippen LogP) is 2.42. The average Bonchev–Trinajstić information content (AvgIpc) is 2.87. The number of phenols is 1. The maximum Gasteiger partial charge on any atom is 0.303 e. The second-order valence-electron chi connectivity index (χ2n) is 9.09. The van der Waals surface area contributed by atoms with Crippen molar-refractivity contribution >= 4 is 29.7 Å². The van der Waals surface area contributed by atoms with Gasteiger partial charge in [0.2, 0.25) is 12.4 Å². The van der Waals surface area contributed by atoms with Crippen LogP contribution in [0.2, 0.25) is 0 Å². The zero-order valence-electron chi connectivity index (χ0n) is 22.7. The van der Waals surface area contributed by atoms with Crippen molar-refractivity contribution in [1.82, 2.24) is 0 Å². The number of benzene rings is 2. The number of carbonyl (C=O) groups excluding carboxylic acids is 5. The molecule has 1 aliphatic heterocycles. The number of hydrogen-bond acceptors (Lipinski definition) is 12. The molecule has 0 aliphatic carbocycles. The molecule has 5 atom stereocenters. The maximum atomic E-state index is 13.2. The minimum Gasteiger partial charge on any atom is -0.507 e. The first-order valence-corrected chi connectivity index (χ1v) is 12.4. The van der Waals surface area contributed by atoms with E-state index in [2.05, 4.69) is 0 Å². The minimum atomic E-state index is -1.52. The van der Waals surface area contributed by atoms with Crippen molar-refractivity contribution in [2.75, 3.05) is 6.61 Å². The van der Waals surface area contributed by atoms with Gasteiger partial charge >= 0.3 is 23.9 Å². The van der Waals surface area contributed by atoms with Crippen LogP contribution in [0.4, 0.5) is 4.39 Å². The molecule has 1 aliphatic rings. The maximum absolute atomic E-state index is 13.2. The van der Waals surface area contributed by atoms with E-state index in [-0.39, 0.29) is 17.7 Å². The van der Waals surface area contributed by atoms with Gasteiger partial charge in [-0.05, 0) is 29.8 Å². The highest BCUT2D eigenvalue weighted by atomic mass is 19.1. The third-order valence-corrected chi connectivity index (χ3v) is 5.75. The summed E-state index contributed by atoms with van der Waals surface area (Å²) in [5.74, 6) is -4.46. The summed E-state index contributed by atoms with van der Waals surface area (Å²) in [5, 5.41) is 10.6. The summed E-state index contributed by atoms with van der Waals surface area (Å²) in [6.45, 7) is 3.96. The van der Waals surface area contributed by atoms with Gasteiger partial charge in [-0.15, -0.1) is 0 Å². The Morgan fingerprint density at radius 3 is 1.95 bits per heavy atom. The second-order valence-corrected chi connectivity index (χ2v) is 9.09. The molecule has 220 valence electrons. The fourth-order valence-electron chi connectivity index (χ4n) is 4.12. The molecule has 0 unspecified atom stereocenters. The van der Waals surface area contributed by atoms with Gasteiger partial charge in [0.1, 0.15) is 30.0 Å². The van der Waals surface area contributed by atoms with Crippen molar-refractivity contribution in [3.8, 4) is 11.5 Å². The van der Waals surface area contributed by atoms with Crippen LogP contribution < -0.4 is 4.74 Å². The number of carbonyl (C=O) groups is 5. The van der Waals surface area contributed by atoms with Gasteiger partial charge in [0, 0.05) is 40.2 Å². The summed E-state index contributed by atoms with van der Waals surface area (Å²) < 4.78 is 45.9. The van der Waals surface area contributed by atoms with E-state index in [9.17, 15) is 33.5 Å². The molecule has 0 aromatic heterocycles. The van der Waals surface area contributed by atoms with Gasteiger partial charge in [0.05, 0.1) is 5.56 Å². The summed E-state index contributed by atoms with van der Waals surface area (Å²) in [4.78, 5) is 60.0. The molecular formula is C28H29FO12. The lowest BCUT2D eigenvalue weighted by Gasteiger charge is -2.43. The van der Waals surface area contributed by atoms with Crippen molar-refractivity contribution < 1.29 is 61.9 Å². The molecule has 1 fully saturated rings. The summed E-state index contributed by atoms with van der Waals surface area (Å²) in [6, 6.07) is 9.08. The van der Waals surface area contributed by atoms with Gasteiger partial charge in [-0.2, -0.15) is 0 Å². The number of esters is 4. The first-order valence-electron chi connectivity index (χ1n) is 12.4. The average molecular weight is 577 g/mol. The molecule has 41 heavy (non-hydrogen) atoms. The Hall–Kier alpha value is -4.52. The molecule has 2 aromatic carbocycles. The van der Waals surface area contributed by atoms with E-state index >= 15 is 0 Å².